The molecule has 0 heterocycles. The van der Waals surface area contributed by atoms with Crippen LogP contribution in [0.25, 0.3) is 5.76 Å². The van der Waals surface area contributed by atoms with Crippen molar-refractivity contribution in [2.24, 2.45) is 0 Å². The van der Waals surface area contributed by atoms with Gasteiger partial charge in [-0.3, -0.25) is 10.1 Å². The van der Waals surface area contributed by atoms with E-state index in [1.54, 1.807) is 12.3 Å². The van der Waals surface area contributed by atoms with Crippen LogP contribution in [0.5, 0.6) is 5.75 Å². The molecular formula is C14H17NO4. The van der Waals surface area contributed by atoms with Crippen LogP contribution >= 0.6 is 0 Å². The van der Waals surface area contributed by atoms with Gasteiger partial charge >= 0.3 is 0 Å². The van der Waals surface area contributed by atoms with Crippen LogP contribution in [0, 0.1) is 10.1 Å². The number of nitrogens with zero attached hydrogens (tertiary/aromatic N) is 1. The van der Waals surface area contributed by atoms with Crippen molar-refractivity contribution in [1.82, 2.24) is 0 Å². The van der Waals surface area contributed by atoms with Gasteiger partial charge in [-0.05, 0) is 25.0 Å². The molecule has 0 aliphatic carbocycles. The molecule has 19 heavy (non-hydrogen) atoms. The van der Waals surface area contributed by atoms with Gasteiger partial charge in [0.05, 0.1) is 29.9 Å². The Kier molecular flexibility index (Phi) is 5.11. The predicted octanol–water partition coefficient (Wildman–Crippen LogP) is 3.90. The lowest BCUT2D eigenvalue weighted by Crippen LogP contribution is -1.95. The van der Waals surface area contributed by atoms with Crippen molar-refractivity contribution >= 4 is 11.4 Å². The van der Waals surface area contributed by atoms with Crippen molar-refractivity contribution in [1.29, 1.82) is 0 Å². The molecule has 0 N–H and O–H groups in total. The Hall–Kier alpha value is -2.30. The number of allylic oxidation sites excluding steroid dienone is 1. The summed E-state index contributed by atoms with van der Waals surface area (Å²) in [4.78, 5) is 10.2. The molecule has 1 aromatic carbocycles. The highest BCUT2D eigenvalue weighted by molar-refractivity contribution is 5.66. The van der Waals surface area contributed by atoms with Gasteiger partial charge in [0.2, 0.25) is 0 Å². The van der Waals surface area contributed by atoms with E-state index < -0.39 is 4.92 Å². The van der Waals surface area contributed by atoms with E-state index in [1.807, 2.05) is 13.8 Å². The number of ether oxygens (including phenoxy) is 2. The third kappa shape index (κ3) is 3.84. The molecule has 1 aromatic rings. The van der Waals surface area contributed by atoms with E-state index in [0.717, 1.165) is 12.0 Å². The third-order valence-corrected chi connectivity index (χ3v) is 2.66. The zero-order valence-electron chi connectivity index (χ0n) is 11.3. The van der Waals surface area contributed by atoms with Crippen molar-refractivity contribution in [2.75, 3.05) is 7.11 Å². The second-order valence-corrected chi connectivity index (χ2v) is 4.00. The fraction of sp³-hybridized carbons (Fsp3) is 0.286. The minimum atomic E-state index is -0.475. The van der Waals surface area contributed by atoms with Gasteiger partial charge < -0.3 is 9.47 Å². The smallest absolute Gasteiger partial charge is 0.273 e. The van der Waals surface area contributed by atoms with Crippen LogP contribution in [-0.2, 0) is 4.74 Å². The monoisotopic (exact) mass is 263 g/mol. The van der Waals surface area contributed by atoms with Gasteiger partial charge in [0.1, 0.15) is 11.5 Å². The van der Waals surface area contributed by atoms with Gasteiger partial charge in [0.15, 0.2) is 0 Å². The van der Waals surface area contributed by atoms with Gasteiger partial charge in [0.25, 0.3) is 5.69 Å². The number of methoxy groups -OCH3 is 1. The number of rotatable bonds is 6. The Morgan fingerprint density at radius 1 is 1.53 bits per heavy atom. The number of hydrogen-bond donors (Lipinski definition) is 0. The molecular weight excluding hydrogens is 246 g/mol. The van der Waals surface area contributed by atoms with Gasteiger partial charge in [-0.2, -0.15) is 0 Å². The molecule has 0 aliphatic heterocycles. The average Bonchev–Trinajstić information content (AvgIpc) is 2.43. The first-order valence-corrected chi connectivity index (χ1v) is 5.83. The SMILES string of the molecule is C=C(OC=C(C)CC)c1ccc([N+](=O)[O-])cc1OC. The second-order valence-electron chi connectivity index (χ2n) is 4.00. The van der Waals surface area contributed by atoms with Crippen LogP contribution in [0.4, 0.5) is 5.69 Å². The molecule has 0 atom stereocenters. The Labute approximate surface area is 112 Å². The molecule has 0 saturated heterocycles. The molecule has 0 fully saturated rings. The largest absolute Gasteiger partial charge is 0.496 e. The minimum Gasteiger partial charge on any atom is -0.496 e. The maximum Gasteiger partial charge on any atom is 0.273 e. The van der Waals surface area contributed by atoms with Crippen molar-refractivity contribution < 1.29 is 14.4 Å². The summed E-state index contributed by atoms with van der Waals surface area (Å²) >= 11 is 0. The highest BCUT2D eigenvalue weighted by Crippen LogP contribution is 2.30. The summed E-state index contributed by atoms with van der Waals surface area (Å²) in [5, 5.41) is 10.7. The summed E-state index contributed by atoms with van der Waals surface area (Å²) in [6.45, 7) is 7.76. The summed E-state index contributed by atoms with van der Waals surface area (Å²) in [6, 6.07) is 4.30. The standard InChI is InChI=1S/C14H17NO4/c1-5-10(2)9-19-11(3)13-7-6-12(15(16)17)8-14(13)18-4/h6-9H,3,5H2,1-2,4H3. The lowest BCUT2D eigenvalue weighted by Gasteiger charge is -2.10. The van der Waals surface area contributed by atoms with E-state index in [-0.39, 0.29) is 5.69 Å². The summed E-state index contributed by atoms with van der Waals surface area (Å²) in [5.74, 6) is 0.751. The van der Waals surface area contributed by atoms with Gasteiger partial charge in [-0.25, -0.2) is 0 Å². The first-order chi connectivity index (χ1) is 8.99. The number of benzene rings is 1. The minimum absolute atomic E-state index is 0.0336. The van der Waals surface area contributed by atoms with E-state index in [2.05, 4.69) is 6.58 Å². The van der Waals surface area contributed by atoms with Crippen LogP contribution in [0.1, 0.15) is 25.8 Å². The van der Waals surface area contributed by atoms with Crippen LogP contribution in [0.15, 0.2) is 36.6 Å². The Balaban J connectivity index is 3.00. The van der Waals surface area contributed by atoms with E-state index in [9.17, 15) is 10.1 Å². The van der Waals surface area contributed by atoms with Gasteiger partial charge in [-0.15, -0.1) is 0 Å². The van der Waals surface area contributed by atoms with E-state index in [0.29, 0.717) is 17.1 Å². The first-order valence-electron chi connectivity index (χ1n) is 5.83. The lowest BCUT2D eigenvalue weighted by atomic mass is 10.1. The zero-order chi connectivity index (χ0) is 14.4. The number of nitro groups is 1. The van der Waals surface area contributed by atoms with Crippen molar-refractivity contribution in [3.05, 3.63) is 52.3 Å². The fourth-order valence-corrected chi connectivity index (χ4v) is 1.34. The van der Waals surface area contributed by atoms with Crippen LogP contribution < -0.4 is 4.74 Å². The topological polar surface area (TPSA) is 61.6 Å². The molecule has 0 spiro atoms. The van der Waals surface area contributed by atoms with Crippen molar-refractivity contribution in [3.8, 4) is 5.75 Å². The van der Waals surface area contributed by atoms with E-state index >= 15 is 0 Å². The molecule has 0 aliphatic rings. The summed E-state index contributed by atoms with van der Waals surface area (Å²) in [6.07, 6.45) is 2.49. The van der Waals surface area contributed by atoms with E-state index in [1.165, 1.54) is 19.2 Å². The first kappa shape index (κ1) is 14.8. The average molecular weight is 263 g/mol. The number of nitro benzene ring substituents is 1. The molecule has 1 rings (SSSR count). The summed E-state index contributed by atoms with van der Waals surface area (Å²) < 4.78 is 10.5. The maximum atomic E-state index is 10.7. The quantitative estimate of drug-likeness (QED) is 0.443. The molecule has 0 amide bonds. The molecule has 5 heteroatoms. The van der Waals surface area contributed by atoms with Crippen LogP contribution in [0.2, 0.25) is 0 Å². The van der Waals surface area contributed by atoms with E-state index in [4.69, 9.17) is 9.47 Å². The number of non-ortho nitro benzene ring substituents is 1. The highest BCUT2D eigenvalue weighted by atomic mass is 16.6. The molecule has 0 saturated carbocycles. The van der Waals surface area contributed by atoms with Crippen LogP contribution in [-0.4, -0.2) is 12.0 Å². The predicted molar refractivity (Wildman–Crippen MR) is 73.8 cm³/mol. The normalized spacial score (nSPS) is 11.0. The molecule has 0 aromatic heterocycles. The summed E-state index contributed by atoms with van der Waals surface area (Å²) in [7, 11) is 1.45. The van der Waals surface area contributed by atoms with Crippen LogP contribution in [0.3, 0.4) is 0 Å². The molecule has 0 unspecified atom stereocenters. The fourth-order valence-electron chi connectivity index (χ4n) is 1.34. The van der Waals surface area contributed by atoms with Crippen molar-refractivity contribution in [2.45, 2.75) is 20.3 Å². The Bertz CT molecular complexity index is 520. The molecule has 5 nitrogen and oxygen atoms in total. The Morgan fingerprint density at radius 2 is 2.21 bits per heavy atom. The zero-order valence-corrected chi connectivity index (χ0v) is 11.3. The Morgan fingerprint density at radius 3 is 2.74 bits per heavy atom. The van der Waals surface area contributed by atoms with Crippen molar-refractivity contribution in [3.63, 3.8) is 0 Å². The van der Waals surface area contributed by atoms with Gasteiger partial charge in [-0.1, -0.05) is 13.5 Å². The number of hydrogen-bond acceptors (Lipinski definition) is 4. The highest BCUT2D eigenvalue weighted by Gasteiger charge is 2.13. The summed E-state index contributed by atoms with van der Waals surface area (Å²) in [5.41, 5.74) is 1.63. The maximum absolute atomic E-state index is 10.7. The third-order valence-electron chi connectivity index (χ3n) is 2.66. The molecule has 0 bridgehead atoms. The lowest BCUT2D eigenvalue weighted by molar-refractivity contribution is -0.384. The molecule has 0 radical (unpaired) electrons. The van der Waals surface area contributed by atoms with Gasteiger partial charge in [0, 0.05) is 6.07 Å². The molecule has 102 valence electrons. The second kappa shape index (κ2) is 6.58.